The lowest BCUT2D eigenvalue weighted by molar-refractivity contribution is -0.366. The molecule has 6 heavy (non-hydrogen) atoms. The lowest BCUT2D eigenvalue weighted by Crippen LogP contribution is -2.02. The fourth-order valence-electron chi connectivity index (χ4n) is 0.139. The van der Waals surface area contributed by atoms with E-state index in [1.165, 1.54) is 0 Å². The standard InChI is InChI=1S/C5H6O/c1-2-3-4-5-6/h1,4-5H2/q-1. The van der Waals surface area contributed by atoms with Crippen LogP contribution >= 0.6 is 0 Å². The molecule has 33 valence electrons. The lowest BCUT2D eigenvalue weighted by Gasteiger charge is -1.90. The number of hydrogen-bond donors (Lipinski definition) is 0. The first kappa shape index (κ1) is 5.48. The van der Waals surface area contributed by atoms with Gasteiger partial charge in [-0.1, -0.05) is 6.58 Å². The summed E-state index contributed by atoms with van der Waals surface area (Å²) in [5, 5.41) is 9.56. The zero-order valence-corrected chi connectivity index (χ0v) is 3.53. The average Bonchev–Trinajstić information content (AvgIpc) is 1.61. The molecule has 0 aromatic rings. The molecular formula is C5H6O-. The van der Waals surface area contributed by atoms with E-state index in [0.717, 1.165) is 0 Å². The zero-order chi connectivity index (χ0) is 4.83. The van der Waals surface area contributed by atoms with Crippen LogP contribution in [0.25, 0.3) is 0 Å². The van der Waals surface area contributed by atoms with Crippen LogP contribution in [0.3, 0.4) is 0 Å². The van der Waals surface area contributed by atoms with Gasteiger partial charge >= 0.3 is 0 Å². The van der Waals surface area contributed by atoms with Gasteiger partial charge in [-0.3, -0.25) is 0 Å². The highest BCUT2D eigenvalue weighted by atomic mass is 16.2. The lowest BCUT2D eigenvalue weighted by atomic mass is 10.4. The van der Waals surface area contributed by atoms with E-state index in [1.807, 2.05) is 0 Å². The third kappa shape index (κ3) is 3.48. The third-order valence-electron chi connectivity index (χ3n) is 0.352. The molecule has 0 aromatic heterocycles. The summed E-state index contributed by atoms with van der Waals surface area (Å²) in [7, 11) is 0. The van der Waals surface area contributed by atoms with E-state index in [0.29, 0.717) is 6.42 Å². The predicted octanol–water partition coefficient (Wildman–Crippen LogP) is -0.119. The van der Waals surface area contributed by atoms with Crippen molar-refractivity contribution in [2.24, 2.45) is 0 Å². The van der Waals surface area contributed by atoms with Crippen LogP contribution in [0, 0.1) is 6.08 Å². The molecular weight excluding hydrogens is 76.1 g/mol. The summed E-state index contributed by atoms with van der Waals surface area (Å²) in [6, 6.07) is 0. The Morgan fingerprint density at radius 3 is 2.50 bits per heavy atom. The molecule has 0 aliphatic heterocycles. The van der Waals surface area contributed by atoms with Gasteiger partial charge < -0.3 is 5.11 Å². The second-order valence-electron chi connectivity index (χ2n) is 0.808. The molecule has 0 aliphatic rings. The molecule has 0 spiro atoms. The summed E-state index contributed by atoms with van der Waals surface area (Å²) < 4.78 is 0. The van der Waals surface area contributed by atoms with Crippen LogP contribution in [0.1, 0.15) is 6.42 Å². The highest BCUT2D eigenvalue weighted by Gasteiger charge is 1.57. The van der Waals surface area contributed by atoms with Gasteiger partial charge in [-0.15, -0.1) is 12.3 Å². The Kier molecular flexibility index (Phi) is 4.09. The zero-order valence-electron chi connectivity index (χ0n) is 3.53. The van der Waals surface area contributed by atoms with Gasteiger partial charge in [0, 0.05) is 6.08 Å². The van der Waals surface area contributed by atoms with E-state index in [1.54, 1.807) is 0 Å². The molecule has 0 bridgehead atoms. The van der Waals surface area contributed by atoms with Crippen LogP contribution in [0.15, 0.2) is 12.3 Å². The molecule has 0 unspecified atom stereocenters. The van der Waals surface area contributed by atoms with Crippen LogP contribution in [0.5, 0.6) is 0 Å². The minimum Gasteiger partial charge on any atom is -0.854 e. The van der Waals surface area contributed by atoms with E-state index in [4.69, 9.17) is 0 Å². The molecule has 1 radical (unpaired) electrons. The van der Waals surface area contributed by atoms with Gasteiger partial charge in [-0.2, -0.15) is 0 Å². The largest absolute Gasteiger partial charge is 0.854 e. The normalized spacial score (nSPS) is 6.83. The molecule has 0 saturated carbocycles. The van der Waals surface area contributed by atoms with Gasteiger partial charge in [0.15, 0.2) is 0 Å². The van der Waals surface area contributed by atoms with Gasteiger partial charge in [0.1, 0.15) is 0 Å². The monoisotopic (exact) mass is 82.0 g/mol. The Bertz CT molecular complexity index is 60.3. The van der Waals surface area contributed by atoms with Gasteiger partial charge in [0.2, 0.25) is 0 Å². The van der Waals surface area contributed by atoms with E-state index in [9.17, 15) is 5.11 Å². The molecule has 0 aliphatic carbocycles. The van der Waals surface area contributed by atoms with Gasteiger partial charge in [0.05, 0.1) is 0 Å². The topological polar surface area (TPSA) is 23.1 Å². The molecule has 1 heteroatoms. The summed E-state index contributed by atoms with van der Waals surface area (Å²) in [5.74, 6) is 0. The fourth-order valence-corrected chi connectivity index (χ4v) is 0.139. The maximum atomic E-state index is 9.56. The summed E-state index contributed by atoms with van der Waals surface area (Å²) in [6.07, 6.45) is 2.96. The Balaban J connectivity index is 2.86. The maximum absolute atomic E-state index is 9.56. The van der Waals surface area contributed by atoms with E-state index >= 15 is 0 Å². The van der Waals surface area contributed by atoms with Crippen molar-refractivity contribution in [3.8, 4) is 0 Å². The predicted molar refractivity (Wildman–Crippen MR) is 21.9 cm³/mol. The highest BCUT2D eigenvalue weighted by Crippen LogP contribution is 1.67. The van der Waals surface area contributed by atoms with Gasteiger partial charge in [0.25, 0.3) is 0 Å². The molecule has 0 saturated heterocycles. The molecule has 0 fully saturated rings. The van der Waals surface area contributed by atoms with E-state index < -0.39 is 0 Å². The minimum absolute atomic E-state index is 0.109. The average molecular weight is 82.1 g/mol. The number of hydrogen-bond acceptors (Lipinski definition) is 1. The fraction of sp³-hybridized carbons (Fsp3) is 0.400. The SMILES string of the molecule is C=C=[C]CC[O-]. The minimum atomic E-state index is -0.109. The first-order valence-corrected chi connectivity index (χ1v) is 1.75. The molecule has 0 N–H and O–H groups in total. The molecule has 0 heterocycles. The van der Waals surface area contributed by atoms with Crippen molar-refractivity contribution in [1.82, 2.24) is 0 Å². The van der Waals surface area contributed by atoms with Crippen LogP contribution in [-0.2, 0) is 0 Å². The first-order valence-electron chi connectivity index (χ1n) is 1.75. The quantitative estimate of drug-likeness (QED) is 0.426. The summed E-state index contributed by atoms with van der Waals surface area (Å²) in [5.41, 5.74) is 2.37. The van der Waals surface area contributed by atoms with Crippen molar-refractivity contribution >= 4 is 0 Å². The smallest absolute Gasteiger partial charge is 0.00285 e. The molecule has 1 nitrogen and oxygen atoms in total. The molecule has 0 atom stereocenters. The maximum Gasteiger partial charge on any atom is 0.00285 e. The van der Waals surface area contributed by atoms with Gasteiger partial charge in [-0.25, -0.2) is 0 Å². The van der Waals surface area contributed by atoms with Crippen molar-refractivity contribution in [2.75, 3.05) is 6.61 Å². The van der Waals surface area contributed by atoms with Crippen LogP contribution in [0.4, 0.5) is 0 Å². The molecule has 0 aromatic carbocycles. The van der Waals surface area contributed by atoms with Crippen molar-refractivity contribution in [1.29, 1.82) is 0 Å². The molecule has 0 amide bonds. The third-order valence-corrected chi connectivity index (χ3v) is 0.352. The van der Waals surface area contributed by atoms with Gasteiger partial charge in [-0.05, 0) is 6.42 Å². The van der Waals surface area contributed by atoms with Crippen molar-refractivity contribution in [3.63, 3.8) is 0 Å². The summed E-state index contributed by atoms with van der Waals surface area (Å²) >= 11 is 0. The second-order valence-corrected chi connectivity index (χ2v) is 0.808. The van der Waals surface area contributed by atoms with Crippen LogP contribution in [-0.4, -0.2) is 6.61 Å². The Labute approximate surface area is 37.6 Å². The Hall–Kier alpha value is -0.520. The van der Waals surface area contributed by atoms with Crippen LogP contribution < -0.4 is 5.11 Å². The Morgan fingerprint density at radius 2 is 2.33 bits per heavy atom. The first-order chi connectivity index (χ1) is 2.91. The summed E-state index contributed by atoms with van der Waals surface area (Å²) in [4.78, 5) is 0. The van der Waals surface area contributed by atoms with E-state index in [2.05, 4.69) is 18.4 Å². The highest BCUT2D eigenvalue weighted by molar-refractivity contribution is 4.64. The second kappa shape index (κ2) is 4.48. The van der Waals surface area contributed by atoms with Crippen molar-refractivity contribution in [2.45, 2.75) is 6.42 Å². The Morgan fingerprint density at radius 1 is 1.67 bits per heavy atom. The van der Waals surface area contributed by atoms with Crippen molar-refractivity contribution < 1.29 is 5.11 Å². The molecule has 0 rings (SSSR count). The van der Waals surface area contributed by atoms with Crippen LogP contribution in [0.2, 0.25) is 0 Å². The summed E-state index contributed by atoms with van der Waals surface area (Å²) in [6.45, 7) is 3.11. The van der Waals surface area contributed by atoms with E-state index in [-0.39, 0.29) is 6.61 Å². The number of rotatable bonds is 2. The van der Waals surface area contributed by atoms with Crippen molar-refractivity contribution in [3.05, 3.63) is 18.4 Å².